The van der Waals surface area contributed by atoms with Gasteiger partial charge < -0.3 is 11.3 Å². The molecule has 16 heavy (non-hydrogen) atoms. The number of carbonyl (C=O) groups is 3. The SMILES string of the molecule is CC(=O)OC(=O)c1ccc(C(=O)O)cc1.[H-].[Na+]. The Hall–Kier alpha value is -1.17. The van der Waals surface area contributed by atoms with Gasteiger partial charge in [-0.1, -0.05) is 0 Å². The summed E-state index contributed by atoms with van der Waals surface area (Å²) in [6, 6.07) is 5.10. The van der Waals surface area contributed by atoms with Gasteiger partial charge in [0.2, 0.25) is 0 Å². The molecule has 0 heterocycles. The van der Waals surface area contributed by atoms with Gasteiger partial charge in [0.25, 0.3) is 0 Å². The molecule has 0 unspecified atom stereocenters. The number of carboxylic acid groups (broad SMARTS) is 1. The molecular weight excluding hydrogens is 223 g/mol. The molecule has 0 saturated carbocycles. The van der Waals surface area contributed by atoms with E-state index in [1.807, 2.05) is 0 Å². The van der Waals surface area contributed by atoms with Crippen LogP contribution >= 0.6 is 0 Å². The van der Waals surface area contributed by atoms with Crippen molar-refractivity contribution in [3.05, 3.63) is 35.4 Å². The minimum absolute atomic E-state index is 0. The summed E-state index contributed by atoms with van der Waals surface area (Å²) in [7, 11) is 0. The Morgan fingerprint density at radius 2 is 1.56 bits per heavy atom. The van der Waals surface area contributed by atoms with E-state index in [4.69, 9.17) is 5.11 Å². The van der Waals surface area contributed by atoms with Gasteiger partial charge in [0.15, 0.2) is 0 Å². The van der Waals surface area contributed by atoms with E-state index >= 15 is 0 Å². The molecule has 0 atom stereocenters. The van der Waals surface area contributed by atoms with E-state index in [1.165, 1.54) is 24.3 Å². The molecule has 0 fully saturated rings. The summed E-state index contributed by atoms with van der Waals surface area (Å²) in [4.78, 5) is 32.1. The van der Waals surface area contributed by atoms with Gasteiger partial charge in [-0.15, -0.1) is 0 Å². The number of ether oxygens (including phenoxy) is 1. The third-order valence-electron chi connectivity index (χ3n) is 1.60. The topological polar surface area (TPSA) is 80.7 Å². The maximum atomic E-state index is 11.1. The molecule has 0 aromatic heterocycles. The fourth-order valence-electron chi connectivity index (χ4n) is 0.938. The predicted molar refractivity (Wildman–Crippen MR) is 50.6 cm³/mol. The molecule has 1 aromatic carbocycles. The van der Waals surface area contributed by atoms with Crippen molar-refractivity contribution in [1.29, 1.82) is 0 Å². The molecule has 0 amide bonds. The quantitative estimate of drug-likeness (QED) is 0.370. The van der Waals surface area contributed by atoms with Crippen LogP contribution in [-0.2, 0) is 9.53 Å². The molecule has 5 nitrogen and oxygen atoms in total. The summed E-state index contributed by atoms with van der Waals surface area (Å²) in [6.07, 6.45) is 0. The molecule has 0 spiro atoms. The summed E-state index contributed by atoms with van der Waals surface area (Å²) >= 11 is 0. The Bertz CT molecular complexity index is 415. The molecule has 0 aliphatic rings. The number of hydrogen-bond acceptors (Lipinski definition) is 4. The van der Waals surface area contributed by atoms with Crippen LogP contribution in [0.5, 0.6) is 0 Å². The van der Waals surface area contributed by atoms with Crippen molar-refractivity contribution >= 4 is 17.9 Å². The van der Waals surface area contributed by atoms with Crippen LogP contribution < -0.4 is 29.6 Å². The third-order valence-corrected chi connectivity index (χ3v) is 1.60. The van der Waals surface area contributed by atoms with Crippen LogP contribution in [0.15, 0.2) is 24.3 Å². The van der Waals surface area contributed by atoms with E-state index in [0.29, 0.717) is 0 Å². The van der Waals surface area contributed by atoms with Crippen LogP contribution in [0, 0.1) is 0 Å². The number of aromatic carboxylic acids is 1. The van der Waals surface area contributed by atoms with Gasteiger partial charge in [0.05, 0.1) is 11.1 Å². The van der Waals surface area contributed by atoms with Crippen molar-refractivity contribution in [3.63, 3.8) is 0 Å². The fraction of sp³-hybridized carbons (Fsp3) is 0.100. The Morgan fingerprint density at radius 3 is 1.94 bits per heavy atom. The smallest absolute Gasteiger partial charge is 1.00 e. The van der Waals surface area contributed by atoms with Gasteiger partial charge in [-0.3, -0.25) is 4.79 Å². The molecule has 1 aromatic rings. The first-order valence-corrected chi connectivity index (χ1v) is 4.07. The third kappa shape index (κ3) is 4.14. The van der Waals surface area contributed by atoms with Crippen molar-refractivity contribution < 1.29 is 55.2 Å². The normalized spacial score (nSPS) is 8.81. The average Bonchev–Trinajstić information content (AvgIpc) is 2.17. The first kappa shape index (κ1) is 14.8. The zero-order chi connectivity index (χ0) is 11.4. The van der Waals surface area contributed by atoms with E-state index in [1.54, 1.807) is 0 Å². The van der Waals surface area contributed by atoms with Crippen LogP contribution in [0.1, 0.15) is 29.1 Å². The molecule has 0 aliphatic heterocycles. The first-order chi connectivity index (χ1) is 7.00. The van der Waals surface area contributed by atoms with Crippen molar-refractivity contribution in [2.45, 2.75) is 6.92 Å². The monoisotopic (exact) mass is 232 g/mol. The Balaban J connectivity index is 0. The first-order valence-electron chi connectivity index (χ1n) is 4.07. The van der Waals surface area contributed by atoms with Crippen molar-refractivity contribution in [1.82, 2.24) is 0 Å². The number of rotatable bonds is 2. The minimum Gasteiger partial charge on any atom is -1.00 e. The van der Waals surface area contributed by atoms with Gasteiger partial charge in [-0.2, -0.15) is 0 Å². The largest absolute Gasteiger partial charge is 1.00 e. The van der Waals surface area contributed by atoms with E-state index in [-0.39, 0.29) is 42.1 Å². The number of hydrogen-bond donors (Lipinski definition) is 1. The van der Waals surface area contributed by atoms with Gasteiger partial charge in [0.1, 0.15) is 0 Å². The number of esters is 2. The molecule has 1 N–H and O–H groups in total. The van der Waals surface area contributed by atoms with Crippen LogP contribution in [0.4, 0.5) is 0 Å². The molecule has 0 radical (unpaired) electrons. The number of carbonyl (C=O) groups excluding carboxylic acids is 2. The predicted octanol–water partition coefficient (Wildman–Crippen LogP) is -1.80. The van der Waals surface area contributed by atoms with Crippen LogP contribution in [0.3, 0.4) is 0 Å². The molecular formula is C10H9NaO5. The zero-order valence-electron chi connectivity index (χ0n) is 9.89. The molecule has 0 saturated heterocycles. The Kier molecular flexibility index (Phi) is 5.95. The van der Waals surface area contributed by atoms with E-state index in [9.17, 15) is 14.4 Å². The van der Waals surface area contributed by atoms with Crippen molar-refractivity contribution in [2.24, 2.45) is 0 Å². The molecule has 0 aliphatic carbocycles. The Labute approximate surface area is 115 Å². The standard InChI is InChI=1S/C10H8O5.Na.H/c1-6(11)15-10(14)8-4-2-7(3-5-8)9(12)13;;/h2-5H,1H3,(H,12,13);;/q;+1;-1. The molecule has 0 bridgehead atoms. The second-order valence-electron chi connectivity index (χ2n) is 2.76. The zero-order valence-corrected chi connectivity index (χ0v) is 10.9. The maximum absolute atomic E-state index is 11.1. The van der Waals surface area contributed by atoms with Gasteiger partial charge >= 0.3 is 47.5 Å². The van der Waals surface area contributed by atoms with E-state index < -0.39 is 17.9 Å². The number of benzene rings is 1. The van der Waals surface area contributed by atoms with Gasteiger partial charge in [0, 0.05) is 6.92 Å². The summed E-state index contributed by atoms with van der Waals surface area (Å²) in [5, 5.41) is 8.59. The second kappa shape index (κ2) is 6.42. The number of carboxylic acids is 1. The minimum atomic E-state index is -1.08. The molecule has 1 rings (SSSR count). The summed E-state index contributed by atoms with van der Waals surface area (Å²) in [5.41, 5.74) is 0.199. The van der Waals surface area contributed by atoms with Gasteiger partial charge in [-0.05, 0) is 24.3 Å². The Morgan fingerprint density at radius 1 is 1.12 bits per heavy atom. The summed E-state index contributed by atoms with van der Waals surface area (Å²) < 4.78 is 4.31. The summed E-state index contributed by atoms with van der Waals surface area (Å²) in [5.74, 6) is -2.58. The van der Waals surface area contributed by atoms with Crippen molar-refractivity contribution in [2.75, 3.05) is 0 Å². The molecule has 80 valence electrons. The van der Waals surface area contributed by atoms with Crippen molar-refractivity contribution in [3.8, 4) is 0 Å². The molecule has 6 heteroatoms. The maximum Gasteiger partial charge on any atom is 1.00 e. The van der Waals surface area contributed by atoms with E-state index in [2.05, 4.69) is 4.74 Å². The average molecular weight is 232 g/mol. The summed E-state index contributed by atoms with van der Waals surface area (Å²) in [6.45, 7) is 1.11. The second-order valence-corrected chi connectivity index (χ2v) is 2.76. The van der Waals surface area contributed by atoms with Gasteiger partial charge in [-0.25, -0.2) is 9.59 Å². The van der Waals surface area contributed by atoms with E-state index in [0.717, 1.165) is 6.92 Å². The fourth-order valence-corrected chi connectivity index (χ4v) is 0.938. The van der Waals surface area contributed by atoms with Crippen LogP contribution in [-0.4, -0.2) is 23.0 Å². The van der Waals surface area contributed by atoms with Crippen LogP contribution in [0.2, 0.25) is 0 Å². The van der Waals surface area contributed by atoms with Crippen LogP contribution in [0.25, 0.3) is 0 Å².